The van der Waals surface area contributed by atoms with Gasteiger partial charge in [0.05, 0.1) is 7.11 Å². The van der Waals surface area contributed by atoms with E-state index >= 15 is 0 Å². The molecule has 15 heavy (non-hydrogen) atoms. The standard InChI is InChI=1S/C10H16O5/c1-7(11)15-8-4-3-5-10(13,6-8)9(12)14-2/h8,13H,3-6H2,1-2H3/t8-,10+/m0/s1. The van der Waals surface area contributed by atoms with E-state index in [1.54, 1.807) is 0 Å². The second kappa shape index (κ2) is 4.61. The fourth-order valence-electron chi connectivity index (χ4n) is 1.91. The van der Waals surface area contributed by atoms with Crippen LogP contribution in [-0.4, -0.2) is 35.9 Å². The van der Waals surface area contributed by atoms with Gasteiger partial charge in [-0.05, 0) is 19.3 Å². The van der Waals surface area contributed by atoms with Crippen molar-refractivity contribution in [3.05, 3.63) is 0 Å². The molecule has 0 aliphatic heterocycles. The number of ether oxygens (including phenoxy) is 2. The molecule has 0 heterocycles. The third kappa shape index (κ3) is 2.92. The first kappa shape index (κ1) is 12.0. The summed E-state index contributed by atoms with van der Waals surface area (Å²) in [6, 6.07) is 0. The lowest BCUT2D eigenvalue weighted by Gasteiger charge is -2.33. The van der Waals surface area contributed by atoms with Crippen molar-refractivity contribution in [1.29, 1.82) is 0 Å². The average molecular weight is 216 g/mol. The van der Waals surface area contributed by atoms with Crippen molar-refractivity contribution in [1.82, 2.24) is 0 Å². The van der Waals surface area contributed by atoms with Crippen LogP contribution in [0.5, 0.6) is 0 Å². The Morgan fingerprint density at radius 1 is 1.47 bits per heavy atom. The lowest BCUT2D eigenvalue weighted by Crippen LogP contribution is -2.46. The van der Waals surface area contributed by atoms with E-state index in [4.69, 9.17) is 4.74 Å². The molecule has 0 aromatic heterocycles. The minimum Gasteiger partial charge on any atom is -0.467 e. The predicted molar refractivity (Wildman–Crippen MR) is 51.0 cm³/mol. The average Bonchev–Trinajstić information content (AvgIpc) is 2.15. The zero-order valence-electron chi connectivity index (χ0n) is 8.99. The van der Waals surface area contributed by atoms with Crippen molar-refractivity contribution in [2.75, 3.05) is 7.11 Å². The first-order valence-corrected chi connectivity index (χ1v) is 4.96. The molecule has 0 spiro atoms. The van der Waals surface area contributed by atoms with Crippen LogP contribution in [0.1, 0.15) is 32.6 Å². The molecule has 1 N–H and O–H groups in total. The Morgan fingerprint density at radius 3 is 2.67 bits per heavy atom. The van der Waals surface area contributed by atoms with E-state index in [0.29, 0.717) is 19.3 Å². The molecular weight excluding hydrogens is 200 g/mol. The van der Waals surface area contributed by atoms with E-state index in [9.17, 15) is 14.7 Å². The van der Waals surface area contributed by atoms with Gasteiger partial charge in [0, 0.05) is 13.3 Å². The smallest absolute Gasteiger partial charge is 0.337 e. The quantitative estimate of drug-likeness (QED) is 0.676. The Balaban J connectivity index is 2.62. The molecule has 1 saturated carbocycles. The summed E-state index contributed by atoms with van der Waals surface area (Å²) in [5.41, 5.74) is -1.49. The lowest BCUT2D eigenvalue weighted by molar-refractivity contribution is -0.174. The Morgan fingerprint density at radius 2 is 2.13 bits per heavy atom. The van der Waals surface area contributed by atoms with E-state index < -0.39 is 17.5 Å². The first-order chi connectivity index (χ1) is 6.98. The summed E-state index contributed by atoms with van der Waals surface area (Å²) in [5, 5.41) is 9.96. The van der Waals surface area contributed by atoms with Gasteiger partial charge in [0.1, 0.15) is 6.10 Å². The second-order valence-corrected chi connectivity index (χ2v) is 3.85. The maximum Gasteiger partial charge on any atom is 0.337 e. The van der Waals surface area contributed by atoms with Gasteiger partial charge in [-0.2, -0.15) is 0 Å². The highest BCUT2D eigenvalue weighted by Crippen LogP contribution is 2.31. The first-order valence-electron chi connectivity index (χ1n) is 4.96. The largest absolute Gasteiger partial charge is 0.467 e. The van der Waals surface area contributed by atoms with Crippen LogP contribution in [0.25, 0.3) is 0 Å². The molecule has 1 aliphatic rings. The zero-order chi connectivity index (χ0) is 11.5. The molecule has 2 atom stereocenters. The number of esters is 2. The normalized spacial score (nSPS) is 30.7. The monoisotopic (exact) mass is 216 g/mol. The van der Waals surface area contributed by atoms with Crippen molar-refractivity contribution in [2.45, 2.75) is 44.3 Å². The summed E-state index contributed by atoms with van der Waals surface area (Å²) in [6.07, 6.45) is 1.42. The molecule has 0 amide bonds. The molecule has 5 nitrogen and oxygen atoms in total. The molecule has 5 heteroatoms. The molecule has 0 saturated heterocycles. The van der Waals surface area contributed by atoms with E-state index in [2.05, 4.69) is 4.74 Å². The van der Waals surface area contributed by atoms with Gasteiger partial charge in [-0.25, -0.2) is 4.79 Å². The molecule has 1 aliphatic carbocycles. The summed E-state index contributed by atoms with van der Waals surface area (Å²) in [5.74, 6) is -1.05. The molecule has 1 rings (SSSR count). The summed E-state index contributed by atoms with van der Waals surface area (Å²) in [4.78, 5) is 22.0. The van der Waals surface area contributed by atoms with Crippen LogP contribution < -0.4 is 0 Å². The van der Waals surface area contributed by atoms with Crippen molar-refractivity contribution in [3.63, 3.8) is 0 Å². The van der Waals surface area contributed by atoms with Gasteiger partial charge in [-0.3, -0.25) is 4.79 Å². The van der Waals surface area contributed by atoms with Gasteiger partial charge >= 0.3 is 11.9 Å². The van der Waals surface area contributed by atoms with Crippen molar-refractivity contribution in [2.24, 2.45) is 0 Å². The van der Waals surface area contributed by atoms with Crippen LogP contribution in [0.2, 0.25) is 0 Å². The van der Waals surface area contributed by atoms with E-state index in [1.807, 2.05) is 0 Å². The second-order valence-electron chi connectivity index (χ2n) is 3.85. The predicted octanol–water partition coefficient (Wildman–Crippen LogP) is 0.396. The molecule has 0 bridgehead atoms. The molecule has 86 valence electrons. The SMILES string of the molecule is COC(=O)[C@@]1(O)CCC[C@H](OC(C)=O)C1. The molecule has 0 aromatic rings. The van der Waals surface area contributed by atoms with Gasteiger partial charge in [-0.15, -0.1) is 0 Å². The highest BCUT2D eigenvalue weighted by Gasteiger charge is 2.43. The fraction of sp³-hybridized carbons (Fsp3) is 0.800. The summed E-state index contributed by atoms with van der Waals surface area (Å²) < 4.78 is 9.49. The summed E-state index contributed by atoms with van der Waals surface area (Å²) in [7, 11) is 1.23. The Bertz CT molecular complexity index is 263. The van der Waals surface area contributed by atoms with Crippen LogP contribution in [0, 0.1) is 0 Å². The minimum absolute atomic E-state index is 0.124. The van der Waals surface area contributed by atoms with Crippen LogP contribution in [0.4, 0.5) is 0 Å². The number of aliphatic hydroxyl groups is 1. The molecule has 0 unspecified atom stereocenters. The van der Waals surface area contributed by atoms with Gasteiger partial charge in [0.2, 0.25) is 0 Å². The third-order valence-electron chi connectivity index (χ3n) is 2.58. The van der Waals surface area contributed by atoms with Crippen LogP contribution >= 0.6 is 0 Å². The maximum atomic E-state index is 11.3. The van der Waals surface area contributed by atoms with Gasteiger partial charge < -0.3 is 14.6 Å². The highest BCUT2D eigenvalue weighted by atomic mass is 16.6. The lowest BCUT2D eigenvalue weighted by atomic mass is 9.83. The van der Waals surface area contributed by atoms with Gasteiger partial charge in [0.25, 0.3) is 0 Å². The number of hydrogen-bond donors (Lipinski definition) is 1. The molecule has 0 aromatic carbocycles. The topological polar surface area (TPSA) is 72.8 Å². The van der Waals surface area contributed by atoms with Crippen LogP contribution in [0.3, 0.4) is 0 Å². The molecular formula is C10H16O5. The Hall–Kier alpha value is -1.10. The molecule has 1 fully saturated rings. The fourth-order valence-corrected chi connectivity index (χ4v) is 1.91. The number of methoxy groups -OCH3 is 1. The summed E-state index contributed by atoms with van der Waals surface area (Å²) >= 11 is 0. The van der Waals surface area contributed by atoms with E-state index in [1.165, 1.54) is 14.0 Å². The summed E-state index contributed by atoms with van der Waals surface area (Å²) in [6.45, 7) is 1.31. The van der Waals surface area contributed by atoms with E-state index in [-0.39, 0.29) is 12.5 Å². The zero-order valence-corrected chi connectivity index (χ0v) is 8.99. The minimum atomic E-state index is -1.49. The number of carbonyl (C=O) groups is 2. The maximum absolute atomic E-state index is 11.3. The Labute approximate surface area is 88.4 Å². The van der Waals surface area contributed by atoms with E-state index in [0.717, 1.165) is 0 Å². The number of carbonyl (C=O) groups excluding carboxylic acids is 2. The highest BCUT2D eigenvalue weighted by molar-refractivity contribution is 5.79. The van der Waals surface area contributed by atoms with Crippen molar-refractivity contribution < 1.29 is 24.2 Å². The third-order valence-corrected chi connectivity index (χ3v) is 2.58. The molecule has 0 radical (unpaired) electrons. The van der Waals surface area contributed by atoms with Crippen LogP contribution in [-0.2, 0) is 19.1 Å². The van der Waals surface area contributed by atoms with Gasteiger partial charge in [-0.1, -0.05) is 0 Å². The van der Waals surface area contributed by atoms with Crippen molar-refractivity contribution in [3.8, 4) is 0 Å². The van der Waals surface area contributed by atoms with Crippen LogP contribution in [0.15, 0.2) is 0 Å². The van der Waals surface area contributed by atoms with Gasteiger partial charge in [0.15, 0.2) is 5.60 Å². The number of hydrogen-bond acceptors (Lipinski definition) is 5. The van der Waals surface area contributed by atoms with Crippen molar-refractivity contribution >= 4 is 11.9 Å². The number of rotatable bonds is 2. The Kier molecular flexibility index (Phi) is 3.68.